The van der Waals surface area contributed by atoms with E-state index >= 15 is 0 Å². The molecule has 0 atom stereocenters. The van der Waals surface area contributed by atoms with Crippen LogP contribution in [0.5, 0.6) is 0 Å². The number of nitrogens with zero attached hydrogens (tertiary/aromatic N) is 1. The summed E-state index contributed by atoms with van der Waals surface area (Å²) in [6, 6.07) is 4.92. The van der Waals surface area contributed by atoms with Gasteiger partial charge in [0.1, 0.15) is 11.3 Å². The number of benzene rings is 1. The number of alkyl halides is 3. The minimum absolute atomic E-state index is 0. The molecule has 0 fully saturated rings. The van der Waals surface area contributed by atoms with Crippen LogP contribution in [0.15, 0.2) is 28.8 Å². The van der Waals surface area contributed by atoms with Crippen molar-refractivity contribution in [2.75, 3.05) is 0 Å². The van der Waals surface area contributed by atoms with E-state index in [0.717, 1.165) is 12.1 Å². The molecule has 0 saturated heterocycles. The zero-order chi connectivity index (χ0) is 15.6. The highest BCUT2D eigenvalue weighted by molar-refractivity contribution is 5.89. The van der Waals surface area contributed by atoms with Crippen LogP contribution in [0.2, 0.25) is 0 Å². The summed E-state index contributed by atoms with van der Waals surface area (Å²) in [6.07, 6.45) is -3.96. The molecule has 8 heteroatoms. The van der Waals surface area contributed by atoms with Gasteiger partial charge in [-0.15, -0.1) is 12.4 Å². The van der Waals surface area contributed by atoms with Crippen molar-refractivity contribution in [3.05, 3.63) is 52.4 Å². The number of carboxylic acid groups (broad SMARTS) is 1. The third-order valence-corrected chi connectivity index (χ3v) is 3.05. The van der Waals surface area contributed by atoms with Crippen LogP contribution in [-0.4, -0.2) is 16.2 Å². The molecule has 0 aliphatic heterocycles. The monoisotopic (exact) mass is 335 g/mol. The molecular formula is C14H13ClF3NO3. The van der Waals surface area contributed by atoms with Crippen molar-refractivity contribution in [3.8, 4) is 0 Å². The molecule has 1 N–H and O–H groups in total. The first kappa shape index (κ1) is 18.0. The van der Waals surface area contributed by atoms with Crippen LogP contribution >= 0.6 is 12.4 Å². The Hall–Kier alpha value is -2.02. The van der Waals surface area contributed by atoms with Crippen LogP contribution in [0, 0.1) is 6.92 Å². The predicted molar refractivity (Wildman–Crippen MR) is 74.3 cm³/mol. The Morgan fingerprint density at radius 2 is 2.00 bits per heavy atom. The second-order valence-electron chi connectivity index (χ2n) is 4.56. The fraction of sp³-hybridized carbons (Fsp3) is 0.286. The van der Waals surface area contributed by atoms with E-state index < -0.39 is 17.7 Å². The van der Waals surface area contributed by atoms with Gasteiger partial charge in [-0.05, 0) is 31.4 Å². The first-order valence-electron chi connectivity index (χ1n) is 6.13. The molecular weight excluding hydrogens is 323 g/mol. The average Bonchev–Trinajstić information content (AvgIpc) is 2.77. The molecule has 0 aliphatic carbocycles. The topological polar surface area (TPSA) is 63.3 Å². The van der Waals surface area contributed by atoms with Crippen LogP contribution in [0.4, 0.5) is 13.2 Å². The van der Waals surface area contributed by atoms with Gasteiger partial charge in [-0.3, -0.25) is 0 Å². The number of carboxylic acids is 1. The molecule has 0 unspecified atom stereocenters. The maximum Gasteiger partial charge on any atom is 0.416 e. The van der Waals surface area contributed by atoms with Gasteiger partial charge in [-0.25, -0.2) is 4.79 Å². The highest BCUT2D eigenvalue weighted by atomic mass is 35.5. The summed E-state index contributed by atoms with van der Waals surface area (Å²) < 4.78 is 42.6. The molecule has 22 heavy (non-hydrogen) atoms. The second-order valence-corrected chi connectivity index (χ2v) is 4.56. The largest absolute Gasteiger partial charge is 0.477 e. The number of aromatic carboxylic acids is 1. The Balaban J connectivity index is 0.00000242. The second kappa shape index (κ2) is 6.83. The molecule has 4 nitrogen and oxygen atoms in total. The minimum atomic E-state index is -4.40. The van der Waals surface area contributed by atoms with Crippen molar-refractivity contribution < 1.29 is 27.6 Å². The summed E-state index contributed by atoms with van der Waals surface area (Å²) in [5.74, 6) is -0.977. The van der Waals surface area contributed by atoms with E-state index in [1.54, 1.807) is 6.07 Å². The van der Waals surface area contributed by atoms with Gasteiger partial charge in [-0.2, -0.15) is 13.2 Å². The normalized spacial score (nSPS) is 11.1. The number of hydrogen-bond acceptors (Lipinski definition) is 3. The number of rotatable bonds is 4. The van der Waals surface area contributed by atoms with Crippen LogP contribution in [0.25, 0.3) is 0 Å². The lowest BCUT2D eigenvalue weighted by molar-refractivity contribution is -0.137. The molecule has 0 radical (unpaired) electrons. The highest BCUT2D eigenvalue weighted by Crippen LogP contribution is 2.29. The van der Waals surface area contributed by atoms with E-state index in [2.05, 4.69) is 5.16 Å². The van der Waals surface area contributed by atoms with Gasteiger partial charge in [0.25, 0.3) is 0 Å². The SMILES string of the molecule is Cc1onc(CCc2cccc(C(F)(F)F)c2)c1C(=O)O.Cl. The Kier molecular flexibility index (Phi) is 5.59. The molecule has 120 valence electrons. The molecule has 0 bridgehead atoms. The minimum Gasteiger partial charge on any atom is -0.477 e. The fourth-order valence-electron chi connectivity index (χ4n) is 2.03. The Morgan fingerprint density at radius 3 is 2.59 bits per heavy atom. The van der Waals surface area contributed by atoms with E-state index in [1.165, 1.54) is 13.0 Å². The van der Waals surface area contributed by atoms with Gasteiger partial charge < -0.3 is 9.63 Å². The Labute approximate surface area is 130 Å². The van der Waals surface area contributed by atoms with Gasteiger partial charge in [0, 0.05) is 0 Å². The van der Waals surface area contributed by atoms with Crippen molar-refractivity contribution in [3.63, 3.8) is 0 Å². The standard InChI is InChI=1S/C14H12F3NO3.ClH/c1-8-12(13(19)20)11(18-21-8)6-5-9-3-2-4-10(7-9)14(15,16)17;/h2-4,7H,5-6H2,1H3,(H,19,20);1H. The molecule has 0 amide bonds. The number of halogens is 4. The number of aryl methyl sites for hydroxylation is 3. The molecule has 1 heterocycles. The number of aromatic nitrogens is 1. The number of hydrogen-bond donors (Lipinski definition) is 1. The maximum absolute atomic E-state index is 12.6. The maximum atomic E-state index is 12.6. The van der Waals surface area contributed by atoms with Gasteiger partial charge in [0.2, 0.25) is 0 Å². The summed E-state index contributed by atoms with van der Waals surface area (Å²) in [7, 11) is 0. The lowest BCUT2D eigenvalue weighted by atomic mass is 10.0. The van der Waals surface area contributed by atoms with Crippen LogP contribution in [0.1, 0.15) is 32.9 Å². The summed E-state index contributed by atoms with van der Waals surface area (Å²) in [6.45, 7) is 1.48. The van der Waals surface area contributed by atoms with Crippen molar-refractivity contribution in [2.24, 2.45) is 0 Å². The van der Waals surface area contributed by atoms with E-state index in [9.17, 15) is 18.0 Å². The van der Waals surface area contributed by atoms with Gasteiger partial charge >= 0.3 is 12.1 Å². The van der Waals surface area contributed by atoms with Crippen molar-refractivity contribution in [2.45, 2.75) is 25.9 Å². The molecule has 2 rings (SSSR count). The first-order chi connectivity index (χ1) is 9.79. The third-order valence-electron chi connectivity index (χ3n) is 3.05. The molecule has 0 saturated carbocycles. The molecule has 1 aromatic carbocycles. The van der Waals surface area contributed by atoms with Crippen molar-refractivity contribution in [1.82, 2.24) is 5.16 Å². The summed E-state index contributed by atoms with van der Waals surface area (Å²) in [5, 5.41) is 12.7. The predicted octanol–water partition coefficient (Wildman–Crippen LogP) is 3.91. The molecule has 0 aliphatic rings. The van der Waals surface area contributed by atoms with E-state index in [1.807, 2.05) is 0 Å². The fourth-order valence-corrected chi connectivity index (χ4v) is 2.03. The summed E-state index contributed by atoms with van der Waals surface area (Å²) in [4.78, 5) is 11.1. The zero-order valence-electron chi connectivity index (χ0n) is 11.5. The Bertz CT molecular complexity index is 668. The van der Waals surface area contributed by atoms with Crippen LogP contribution < -0.4 is 0 Å². The van der Waals surface area contributed by atoms with Gasteiger partial charge in [0.15, 0.2) is 0 Å². The van der Waals surface area contributed by atoms with E-state index in [-0.39, 0.29) is 42.3 Å². The summed E-state index contributed by atoms with van der Waals surface area (Å²) in [5.41, 5.74) is -0.0593. The molecule has 1 aromatic heterocycles. The van der Waals surface area contributed by atoms with Gasteiger partial charge in [-0.1, -0.05) is 23.4 Å². The number of carbonyl (C=O) groups is 1. The Morgan fingerprint density at radius 1 is 1.32 bits per heavy atom. The lowest BCUT2D eigenvalue weighted by Gasteiger charge is -2.08. The lowest BCUT2D eigenvalue weighted by Crippen LogP contribution is -2.06. The average molecular weight is 336 g/mol. The van der Waals surface area contributed by atoms with Crippen LogP contribution in [-0.2, 0) is 19.0 Å². The summed E-state index contributed by atoms with van der Waals surface area (Å²) >= 11 is 0. The third kappa shape index (κ3) is 4.00. The highest BCUT2D eigenvalue weighted by Gasteiger charge is 2.30. The molecule has 0 spiro atoms. The van der Waals surface area contributed by atoms with Crippen molar-refractivity contribution >= 4 is 18.4 Å². The van der Waals surface area contributed by atoms with E-state index in [4.69, 9.17) is 9.63 Å². The van der Waals surface area contributed by atoms with Crippen molar-refractivity contribution in [1.29, 1.82) is 0 Å². The van der Waals surface area contributed by atoms with Gasteiger partial charge in [0.05, 0.1) is 11.3 Å². The van der Waals surface area contributed by atoms with Crippen LogP contribution in [0.3, 0.4) is 0 Å². The molecule has 2 aromatic rings. The van der Waals surface area contributed by atoms with E-state index in [0.29, 0.717) is 5.56 Å². The zero-order valence-corrected chi connectivity index (χ0v) is 12.3. The smallest absolute Gasteiger partial charge is 0.416 e. The quantitative estimate of drug-likeness (QED) is 0.920. The first-order valence-corrected chi connectivity index (χ1v) is 6.13.